The van der Waals surface area contributed by atoms with Gasteiger partial charge in [0.05, 0.1) is 0 Å². The number of rotatable bonds is 17. The number of guanidine groups is 2. The molecule has 46 heavy (non-hydrogen) atoms. The molecule has 3 atom stereocenters. The van der Waals surface area contributed by atoms with Gasteiger partial charge in [0.25, 0.3) is 0 Å². The second kappa shape index (κ2) is 18.0. The summed E-state index contributed by atoms with van der Waals surface area (Å²) in [6, 6.07) is 3.27. The summed E-state index contributed by atoms with van der Waals surface area (Å²) in [5.74, 6) is -2.33. The summed E-state index contributed by atoms with van der Waals surface area (Å²) in [4.78, 5) is 71.8. The Morgan fingerprint density at radius 2 is 1.35 bits per heavy atom. The first-order valence-corrected chi connectivity index (χ1v) is 15.0. The molecule has 1 aromatic carbocycles. The van der Waals surface area contributed by atoms with E-state index in [9.17, 15) is 24.0 Å². The van der Waals surface area contributed by atoms with Crippen LogP contribution in [0.1, 0.15) is 58.4 Å². The van der Waals surface area contributed by atoms with Gasteiger partial charge in [0, 0.05) is 43.2 Å². The van der Waals surface area contributed by atoms with Crippen molar-refractivity contribution in [2.24, 2.45) is 38.8 Å². The van der Waals surface area contributed by atoms with Crippen molar-refractivity contribution < 1.29 is 23.6 Å². The maximum absolute atomic E-state index is 13.6. The van der Waals surface area contributed by atoms with Crippen molar-refractivity contribution in [1.29, 1.82) is 0 Å². The summed E-state index contributed by atoms with van der Waals surface area (Å²) < 4.78 is 5.28. The fourth-order valence-electron chi connectivity index (χ4n) is 4.67. The van der Waals surface area contributed by atoms with Crippen LogP contribution in [0, 0.1) is 12.8 Å². The van der Waals surface area contributed by atoms with Crippen molar-refractivity contribution >= 4 is 52.2 Å². The highest BCUT2D eigenvalue weighted by molar-refractivity contribution is 6.00. The second-order valence-corrected chi connectivity index (χ2v) is 11.4. The lowest BCUT2D eigenvalue weighted by molar-refractivity contribution is -0.133. The molecule has 0 saturated carbocycles. The van der Waals surface area contributed by atoms with Crippen LogP contribution in [-0.2, 0) is 19.2 Å². The van der Waals surface area contributed by atoms with Gasteiger partial charge in [0.1, 0.15) is 23.7 Å². The van der Waals surface area contributed by atoms with E-state index in [1.54, 1.807) is 19.1 Å². The van der Waals surface area contributed by atoms with E-state index in [1.807, 2.05) is 13.8 Å². The lowest BCUT2D eigenvalue weighted by atomic mass is 10.0. The third-order valence-electron chi connectivity index (χ3n) is 6.78. The Balaban J connectivity index is 2.26. The van der Waals surface area contributed by atoms with Gasteiger partial charge in [0.2, 0.25) is 23.6 Å². The van der Waals surface area contributed by atoms with Gasteiger partial charge in [-0.1, -0.05) is 13.8 Å². The van der Waals surface area contributed by atoms with Crippen molar-refractivity contribution in [3.8, 4) is 0 Å². The number of carbonyl (C=O) groups is 4. The molecule has 0 fully saturated rings. The number of amides is 4. The predicted octanol–water partition coefficient (Wildman–Crippen LogP) is -0.332. The summed E-state index contributed by atoms with van der Waals surface area (Å²) >= 11 is 0. The smallest absolute Gasteiger partial charge is 0.336 e. The Labute approximate surface area is 267 Å². The topological polar surface area (TPSA) is 275 Å². The first-order chi connectivity index (χ1) is 21.7. The van der Waals surface area contributed by atoms with Crippen LogP contribution in [0.25, 0.3) is 11.0 Å². The highest BCUT2D eigenvalue weighted by Crippen LogP contribution is 2.21. The maximum Gasteiger partial charge on any atom is 0.336 e. The van der Waals surface area contributed by atoms with Gasteiger partial charge in [-0.15, -0.1) is 0 Å². The average Bonchev–Trinajstić information content (AvgIpc) is 2.94. The first kappa shape index (κ1) is 37.0. The molecule has 2 rings (SSSR count). The number of benzene rings is 1. The quantitative estimate of drug-likeness (QED) is 0.0481. The molecule has 1 heterocycles. The van der Waals surface area contributed by atoms with E-state index in [1.165, 1.54) is 19.1 Å². The molecule has 0 aliphatic heterocycles. The van der Waals surface area contributed by atoms with Crippen LogP contribution in [0.15, 0.2) is 43.5 Å². The van der Waals surface area contributed by atoms with Crippen LogP contribution in [0.4, 0.5) is 5.69 Å². The fraction of sp³-hybridized carbons (Fsp3) is 0.500. The number of nitrogens with zero attached hydrogens (tertiary/aromatic N) is 2. The summed E-state index contributed by atoms with van der Waals surface area (Å²) in [5, 5.41) is 11.6. The van der Waals surface area contributed by atoms with Crippen molar-refractivity contribution in [2.75, 3.05) is 18.4 Å². The molecule has 2 aromatic rings. The minimum atomic E-state index is -1.04. The minimum Gasteiger partial charge on any atom is -0.423 e. The van der Waals surface area contributed by atoms with Gasteiger partial charge in [-0.2, -0.15) is 0 Å². The Bertz CT molecular complexity index is 1490. The number of fused-ring (bicyclic) bond motifs is 1. The van der Waals surface area contributed by atoms with Crippen LogP contribution >= 0.6 is 0 Å². The van der Waals surface area contributed by atoms with Crippen LogP contribution in [0.5, 0.6) is 0 Å². The number of anilines is 1. The zero-order valence-corrected chi connectivity index (χ0v) is 26.7. The Hall–Kier alpha value is -5.15. The molecule has 4 amide bonds. The zero-order chi connectivity index (χ0) is 34.4. The SMILES string of the molecule is CC(=O)N[C@@H](CCCN=C(N)N)C(=O)N[C@@H](CC(C)C)C(=O)NC(CCCN=C(N)N)C(=O)Nc1ccc2c(C)cc(=O)oc2c1. The molecule has 12 N–H and O–H groups in total. The molecule has 1 unspecified atom stereocenters. The Morgan fingerprint density at radius 1 is 0.804 bits per heavy atom. The normalized spacial score (nSPS) is 12.8. The van der Waals surface area contributed by atoms with Crippen molar-refractivity contribution in [1.82, 2.24) is 16.0 Å². The summed E-state index contributed by atoms with van der Waals surface area (Å²) in [5.41, 5.74) is 22.4. The van der Waals surface area contributed by atoms with Crippen molar-refractivity contribution in [3.05, 3.63) is 40.2 Å². The molecule has 16 nitrogen and oxygen atoms in total. The summed E-state index contributed by atoms with van der Waals surface area (Å²) in [6.45, 7) is 7.29. The van der Waals surface area contributed by atoms with E-state index < -0.39 is 47.4 Å². The number of nitrogens with one attached hydrogen (secondary N) is 4. The van der Waals surface area contributed by atoms with E-state index in [0.29, 0.717) is 29.5 Å². The molecule has 252 valence electrons. The van der Waals surface area contributed by atoms with Gasteiger partial charge in [-0.25, -0.2) is 4.79 Å². The molecule has 0 radical (unpaired) electrons. The van der Waals surface area contributed by atoms with E-state index in [-0.39, 0.29) is 50.2 Å². The number of hydrogen-bond donors (Lipinski definition) is 8. The lowest BCUT2D eigenvalue weighted by Crippen LogP contribution is -2.56. The molecular weight excluding hydrogens is 596 g/mol. The Kier molecular flexibility index (Phi) is 14.5. The third-order valence-corrected chi connectivity index (χ3v) is 6.78. The van der Waals surface area contributed by atoms with Gasteiger partial charge < -0.3 is 48.6 Å². The number of aryl methyl sites for hydroxylation is 1. The molecular formula is C30H46N10O6. The van der Waals surface area contributed by atoms with Gasteiger partial charge in [-0.05, 0) is 62.6 Å². The van der Waals surface area contributed by atoms with Gasteiger partial charge >= 0.3 is 5.63 Å². The highest BCUT2D eigenvalue weighted by atomic mass is 16.4. The van der Waals surface area contributed by atoms with Crippen LogP contribution < -0.4 is 49.8 Å². The number of hydrogen-bond acceptors (Lipinski definition) is 8. The molecule has 0 spiro atoms. The monoisotopic (exact) mass is 642 g/mol. The first-order valence-electron chi connectivity index (χ1n) is 15.0. The van der Waals surface area contributed by atoms with E-state index in [4.69, 9.17) is 27.4 Å². The molecule has 16 heteroatoms. The molecule has 0 saturated heterocycles. The third kappa shape index (κ3) is 12.8. The fourth-order valence-corrected chi connectivity index (χ4v) is 4.67. The Morgan fingerprint density at radius 3 is 1.89 bits per heavy atom. The lowest BCUT2D eigenvalue weighted by Gasteiger charge is -2.26. The van der Waals surface area contributed by atoms with Crippen LogP contribution in [-0.4, -0.2) is 66.8 Å². The number of aliphatic imine (C=N–C) groups is 2. The molecule has 0 aliphatic rings. The zero-order valence-electron chi connectivity index (χ0n) is 26.7. The van der Waals surface area contributed by atoms with Crippen molar-refractivity contribution in [3.63, 3.8) is 0 Å². The predicted molar refractivity (Wildman–Crippen MR) is 177 cm³/mol. The molecule has 0 aliphatic carbocycles. The minimum absolute atomic E-state index is 0.0120. The van der Waals surface area contributed by atoms with E-state index >= 15 is 0 Å². The highest BCUT2D eigenvalue weighted by Gasteiger charge is 2.30. The second-order valence-electron chi connectivity index (χ2n) is 11.4. The standard InChI is InChI=1S/C30H46N10O6/c1-16(2)13-23(40-27(44)21(37-18(4)41)7-5-11-35-29(31)32)28(45)39-22(8-6-12-36-30(33)34)26(43)38-19-9-10-20-17(3)14-25(42)46-24(20)15-19/h9-10,14-16,21-23H,5-8,11-13H2,1-4H3,(H,37,41)(H,38,43)(H,39,45)(H,40,44)(H4,31,32,35)(H4,33,34,36)/t21-,22?,23-/m0/s1. The number of carbonyl (C=O) groups excluding carboxylic acids is 4. The van der Waals surface area contributed by atoms with Gasteiger partial charge in [-0.3, -0.25) is 29.2 Å². The maximum atomic E-state index is 13.6. The van der Waals surface area contributed by atoms with E-state index in [0.717, 1.165) is 5.56 Å². The van der Waals surface area contributed by atoms with Crippen LogP contribution in [0.3, 0.4) is 0 Å². The van der Waals surface area contributed by atoms with E-state index in [2.05, 4.69) is 31.3 Å². The largest absolute Gasteiger partial charge is 0.423 e. The summed E-state index contributed by atoms with van der Waals surface area (Å²) in [6.07, 6.45) is 1.39. The number of nitrogens with two attached hydrogens (primary N) is 4. The van der Waals surface area contributed by atoms with Crippen molar-refractivity contribution in [2.45, 2.75) is 77.9 Å². The summed E-state index contributed by atoms with van der Waals surface area (Å²) in [7, 11) is 0. The molecule has 1 aromatic heterocycles. The van der Waals surface area contributed by atoms with Crippen LogP contribution in [0.2, 0.25) is 0 Å². The molecule has 0 bridgehead atoms. The average molecular weight is 643 g/mol. The van der Waals surface area contributed by atoms with Gasteiger partial charge in [0.15, 0.2) is 11.9 Å².